The molecule has 17 heavy (non-hydrogen) atoms. The minimum absolute atomic E-state index is 0.0799. The van der Waals surface area contributed by atoms with Crippen molar-refractivity contribution in [3.63, 3.8) is 0 Å². The quantitative estimate of drug-likeness (QED) is 0.396. The van der Waals surface area contributed by atoms with Gasteiger partial charge in [-0.3, -0.25) is 4.79 Å². The maximum atomic E-state index is 12.3. The highest BCUT2D eigenvalue weighted by Crippen LogP contribution is 2.19. The summed E-state index contributed by atoms with van der Waals surface area (Å²) in [6.07, 6.45) is -1.44. The van der Waals surface area contributed by atoms with Crippen molar-refractivity contribution in [2.45, 2.75) is 45.2 Å². The zero-order valence-electron chi connectivity index (χ0n) is 10.5. The number of hydrazone groups is 1. The van der Waals surface area contributed by atoms with Gasteiger partial charge in [-0.2, -0.15) is 18.3 Å². The molecule has 100 valence electrons. The molecule has 0 aliphatic carbocycles. The fourth-order valence-corrected chi connectivity index (χ4v) is 1.33. The zero-order chi connectivity index (χ0) is 13.5. The molecule has 0 rings (SSSR count). The van der Waals surface area contributed by atoms with Crippen molar-refractivity contribution in [3.05, 3.63) is 0 Å². The van der Waals surface area contributed by atoms with E-state index in [2.05, 4.69) is 5.10 Å². The minimum atomic E-state index is -4.83. The van der Waals surface area contributed by atoms with Gasteiger partial charge >= 0.3 is 6.18 Å². The number of carbonyl (C=O) groups is 1. The lowest BCUT2D eigenvalue weighted by Crippen LogP contribution is -2.32. The second-order valence-electron chi connectivity index (χ2n) is 4.03. The number of rotatable bonds is 7. The van der Waals surface area contributed by atoms with E-state index in [-0.39, 0.29) is 6.42 Å². The molecule has 0 heterocycles. The largest absolute Gasteiger partial charge is 0.456 e. The number of alkyl halides is 3. The van der Waals surface area contributed by atoms with Gasteiger partial charge in [0.25, 0.3) is 5.78 Å². The number of nitrogens with zero attached hydrogens (tertiary/aromatic N) is 2. The highest BCUT2D eigenvalue weighted by Gasteiger charge is 2.41. The molecule has 0 amide bonds. The van der Waals surface area contributed by atoms with Crippen molar-refractivity contribution < 1.29 is 18.0 Å². The molecule has 0 saturated carbocycles. The van der Waals surface area contributed by atoms with Gasteiger partial charge < -0.3 is 5.01 Å². The number of ketones is 1. The molecular weight excluding hydrogens is 233 g/mol. The predicted octanol–water partition coefficient (Wildman–Crippen LogP) is 3.01. The Kier molecular flexibility index (Phi) is 6.83. The number of Topliss-reactive ketones (excluding diaryl/α,β-unsaturated/α-hetero) is 1. The van der Waals surface area contributed by atoms with E-state index < -0.39 is 17.7 Å². The molecule has 0 aliphatic heterocycles. The average Bonchev–Trinajstić information content (AvgIpc) is 2.19. The summed E-state index contributed by atoms with van der Waals surface area (Å²) in [5, 5.41) is 4.84. The monoisotopic (exact) mass is 252 g/mol. The van der Waals surface area contributed by atoms with Crippen LogP contribution in [0.3, 0.4) is 0 Å². The van der Waals surface area contributed by atoms with Crippen molar-refractivity contribution in [3.8, 4) is 0 Å². The Labute approximate surface area is 99.7 Å². The van der Waals surface area contributed by atoms with E-state index in [1.807, 2.05) is 6.92 Å². The van der Waals surface area contributed by atoms with Crippen molar-refractivity contribution in [2.24, 2.45) is 5.10 Å². The predicted molar refractivity (Wildman–Crippen MR) is 60.9 cm³/mol. The topological polar surface area (TPSA) is 32.7 Å². The fraction of sp³-hybridized carbons (Fsp3) is 0.818. The number of carbonyl (C=O) groups excluding carboxylic acids is 1. The Hall–Kier alpha value is -1.07. The molecule has 0 radical (unpaired) electrons. The van der Waals surface area contributed by atoms with E-state index in [0.717, 1.165) is 19.3 Å². The second-order valence-corrected chi connectivity index (χ2v) is 4.03. The molecule has 3 nitrogen and oxygen atoms in total. The number of hydrogen-bond donors (Lipinski definition) is 0. The summed E-state index contributed by atoms with van der Waals surface area (Å²) in [4.78, 5) is 11.1. The number of unbranched alkanes of at least 4 members (excludes halogenated alkanes) is 3. The smallest absolute Gasteiger partial charge is 0.303 e. The zero-order valence-corrected chi connectivity index (χ0v) is 10.5. The minimum Gasteiger partial charge on any atom is -0.303 e. The molecule has 0 aromatic heterocycles. The number of halogens is 3. The van der Waals surface area contributed by atoms with Gasteiger partial charge in [-0.25, -0.2) is 0 Å². The maximum absolute atomic E-state index is 12.3. The van der Waals surface area contributed by atoms with Crippen LogP contribution in [0.15, 0.2) is 5.10 Å². The average molecular weight is 252 g/mol. The van der Waals surface area contributed by atoms with E-state index in [1.165, 1.54) is 19.1 Å². The highest BCUT2D eigenvalue weighted by molar-refractivity contribution is 6.41. The van der Waals surface area contributed by atoms with Gasteiger partial charge in [0, 0.05) is 14.1 Å². The first-order valence-electron chi connectivity index (χ1n) is 5.65. The van der Waals surface area contributed by atoms with Gasteiger partial charge in [0.1, 0.15) is 5.71 Å². The molecule has 0 N–H and O–H groups in total. The summed E-state index contributed by atoms with van der Waals surface area (Å²) in [5.41, 5.74) is -0.404. The third-order valence-corrected chi connectivity index (χ3v) is 2.11. The van der Waals surface area contributed by atoms with Gasteiger partial charge in [0.2, 0.25) is 0 Å². The summed E-state index contributed by atoms with van der Waals surface area (Å²) in [6.45, 7) is 2.01. The Morgan fingerprint density at radius 2 is 1.76 bits per heavy atom. The van der Waals surface area contributed by atoms with Crippen molar-refractivity contribution in [2.75, 3.05) is 14.1 Å². The van der Waals surface area contributed by atoms with Crippen molar-refractivity contribution in [1.82, 2.24) is 5.01 Å². The first-order chi connectivity index (χ1) is 7.79. The van der Waals surface area contributed by atoms with E-state index in [9.17, 15) is 18.0 Å². The fourth-order valence-electron chi connectivity index (χ4n) is 1.33. The van der Waals surface area contributed by atoms with Crippen LogP contribution in [0, 0.1) is 0 Å². The normalized spacial score (nSPS) is 12.7. The van der Waals surface area contributed by atoms with Crippen molar-refractivity contribution >= 4 is 11.5 Å². The molecule has 0 aromatic rings. The van der Waals surface area contributed by atoms with Gasteiger partial charge in [-0.15, -0.1) is 0 Å². The van der Waals surface area contributed by atoms with Crippen LogP contribution in [0.25, 0.3) is 0 Å². The molecule has 6 heteroatoms. The molecular formula is C11H19F3N2O. The molecule has 0 spiro atoms. The first-order valence-corrected chi connectivity index (χ1v) is 5.65. The van der Waals surface area contributed by atoms with Crippen LogP contribution in [0.1, 0.15) is 39.0 Å². The summed E-state index contributed by atoms with van der Waals surface area (Å²) in [6, 6.07) is 0. The molecule has 0 saturated heterocycles. The lowest BCUT2D eigenvalue weighted by molar-refractivity contribution is -0.163. The highest BCUT2D eigenvalue weighted by atomic mass is 19.4. The summed E-state index contributed by atoms with van der Waals surface area (Å²) < 4.78 is 36.8. The Balaban J connectivity index is 4.51. The summed E-state index contributed by atoms with van der Waals surface area (Å²) >= 11 is 0. The Morgan fingerprint density at radius 1 is 1.18 bits per heavy atom. The van der Waals surface area contributed by atoms with Crippen LogP contribution in [-0.4, -0.2) is 36.8 Å². The van der Waals surface area contributed by atoms with Gasteiger partial charge in [-0.1, -0.05) is 26.2 Å². The first kappa shape index (κ1) is 15.9. The third-order valence-electron chi connectivity index (χ3n) is 2.11. The Bertz CT molecular complexity index is 272. The Morgan fingerprint density at radius 3 is 2.18 bits per heavy atom. The van der Waals surface area contributed by atoms with Crippen LogP contribution >= 0.6 is 0 Å². The number of hydrogen-bond acceptors (Lipinski definition) is 3. The standard InChI is InChI=1S/C11H19F3N2O/c1-4-5-6-7-8-9(15-16(2)3)10(17)11(12,13)14/h4-8H2,1-3H3/b15-9+. The maximum Gasteiger partial charge on any atom is 0.456 e. The molecule has 0 aromatic carbocycles. The SMILES string of the molecule is CCCCCC/C(=N\N(C)C)C(=O)C(F)(F)F. The van der Waals surface area contributed by atoms with Crippen molar-refractivity contribution in [1.29, 1.82) is 0 Å². The van der Waals surface area contributed by atoms with E-state index in [1.54, 1.807) is 0 Å². The van der Waals surface area contributed by atoms with Gasteiger partial charge in [0.15, 0.2) is 0 Å². The van der Waals surface area contributed by atoms with Crippen LogP contribution < -0.4 is 0 Å². The molecule has 0 aliphatic rings. The molecule has 0 fully saturated rings. The van der Waals surface area contributed by atoms with Gasteiger partial charge in [0.05, 0.1) is 0 Å². The third kappa shape index (κ3) is 6.97. The lowest BCUT2D eigenvalue weighted by atomic mass is 10.1. The van der Waals surface area contributed by atoms with Gasteiger partial charge in [-0.05, 0) is 12.8 Å². The summed E-state index contributed by atoms with van der Waals surface area (Å²) in [5.74, 6) is -1.83. The second kappa shape index (κ2) is 7.29. The molecule has 0 atom stereocenters. The lowest BCUT2D eigenvalue weighted by Gasteiger charge is -2.11. The van der Waals surface area contributed by atoms with Crippen LogP contribution in [0.4, 0.5) is 13.2 Å². The van der Waals surface area contributed by atoms with E-state index in [0.29, 0.717) is 6.42 Å². The van der Waals surface area contributed by atoms with Crippen LogP contribution in [0.2, 0.25) is 0 Å². The van der Waals surface area contributed by atoms with Crippen LogP contribution in [-0.2, 0) is 4.79 Å². The van der Waals surface area contributed by atoms with Crippen LogP contribution in [0.5, 0.6) is 0 Å². The van der Waals surface area contributed by atoms with E-state index in [4.69, 9.17) is 0 Å². The molecule has 0 unspecified atom stereocenters. The summed E-state index contributed by atoms with van der Waals surface area (Å²) in [7, 11) is 2.99. The molecule has 0 bridgehead atoms. The van der Waals surface area contributed by atoms with E-state index >= 15 is 0 Å².